The summed E-state index contributed by atoms with van der Waals surface area (Å²) in [5, 5.41) is 0. The molecule has 2 aliphatic carbocycles. The van der Waals surface area contributed by atoms with E-state index in [1.165, 1.54) is 24.8 Å². The van der Waals surface area contributed by atoms with Gasteiger partial charge in [0.15, 0.2) is 0 Å². The maximum absolute atomic E-state index is 11.2. The quantitative estimate of drug-likeness (QED) is 0.499. The number of allylic oxidation sites excluding steroid dienone is 1. The fourth-order valence-corrected chi connectivity index (χ4v) is 2.88. The average molecular weight is 194 g/mol. The lowest BCUT2D eigenvalue weighted by molar-refractivity contribution is -0.137. The summed E-state index contributed by atoms with van der Waals surface area (Å²) in [6.07, 6.45) is 8.13. The largest absolute Gasteiger partial charge is 0.463 e. The molecule has 0 bridgehead atoms. The Labute approximate surface area is 85.3 Å². The molecule has 2 fully saturated rings. The van der Waals surface area contributed by atoms with Crippen molar-refractivity contribution in [2.24, 2.45) is 11.8 Å². The molecule has 0 unspecified atom stereocenters. The monoisotopic (exact) mass is 194 g/mol. The first-order valence-electron chi connectivity index (χ1n) is 5.65. The van der Waals surface area contributed by atoms with Crippen molar-refractivity contribution in [3.05, 3.63) is 11.6 Å². The zero-order valence-electron chi connectivity index (χ0n) is 8.79. The van der Waals surface area contributed by atoms with E-state index in [4.69, 9.17) is 4.74 Å². The molecule has 2 heteroatoms. The summed E-state index contributed by atoms with van der Waals surface area (Å²) in [5.74, 6) is 1.59. The molecule has 2 saturated carbocycles. The number of carbonyl (C=O) groups excluding carboxylic acids is 1. The molecule has 0 aromatic heterocycles. The molecule has 0 aromatic rings. The Morgan fingerprint density at radius 1 is 1.43 bits per heavy atom. The number of hydrogen-bond acceptors (Lipinski definition) is 2. The van der Waals surface area contributed by atoms with Gasteiger partial charge < -0.3 is 4.74 Å². The van der Waals surface area contributed by atoms with Gasteiger partial charge in [-0.3, -0.25) is 0 Å². The molecule has 14 heavy (non-hydrogen) atoms. The van der Waals surface area contributed by atoms with Crippen LogP contribution in [0.25, 0.3) is 0 Å². The Balaban J connectivity index is 1.91. The summed E-state index contributed by atoms with van der Waals surface area (Å²) in [4.78, 5) is 11.2. The van der Waals surface area contributed by atoms with E-state index in [2.05, 4.69) is 0 Å². The zero-order chi connectivity index (χ0) is 9.97. The van der Waals surface area contributed by atoms with Crippen LogP contribution < -0.4 is 0 Å². The van der Waals surface area contributed by atoms with Crippen LogP contribution in [0.1, 0.15) is 39.0 Å². The van der Waals surface area contributed by atoms with Crippen LogP contribution in [0.3, 0.4) is 0 Å². The molecule has 78 valence electrons. The maximum atomic E-state index is 11.2. The molecule has 0 amide bonds. The van der Waals surface area contributed by atoms with E-state index in [0.29, 0.717) is 6.61 Å². The van der Waals surface area contributed by atoms with Crippen LogP contribution in [0.4, 0.5) is 0 Å². The minimum atomic E-state index is -0.150. The summed E-state index contributed by atoms with van der Waals surface area (Å²) in [7, 11) is 0. The fourth-order valence-electron chi connectivity index (χ4n) is 2.88. The highest BCUT2D eigenvalue weighted by Gasteiger charge is 2.34. The molecule has 2 nitrogen and oxygen atoms in total. The first-order chi connectivity index (χ1) is 6.79. The highest BCUT2D eigenvalue weighted by atomic mass is 16.5. The number of ether oxygens (including phenoxy) is 1. The van der Waals surface area contributed by atoms with Crippen LogP contribution in [-0.4, -0.2) is 12.6 Å². The smallest absolute Gasteiger partial charge is 0.330 e. The van der Waals surface area contributed by atoms with Gasteiger partial charge in [0.05, 0.1) is 6.61 Å². The average Bonchev–Trinajstić information content (AvgIpc) is 2.63. The normalized spacial score (nSPS) is 33.4. The van der Waals surface area contributed by atoms with Crippen LogP contribution in [0.15, 0.2) is 11.6 Å². The van der Waals surface area contributed by atoms with Crippen molar-refractivity contribution >= 4 is 5.97 Å². The summed E-state index contributed by atoms with van der Waals surface area (Å²) in [6.45, 7) is 2.33. The van der Waals surface area contributed by atoms with Crippen LogP contribution in [0, 0.1) is 11.8 Å². The molecule has 0 aliphatic heterocycles. The van der Waals surface area contributed by atoms with Crippen molar-refractivity contribution in [1.82, 2.24) is 0 Å². The molecule has 2 atom stereocenters. The van der Waals surface area contributed by atoms with Crippen LogP contribution >= 0.6 is 0 Å². The number of hydrogen-bond donors (Lipinski definition) is 0. The van der Waals surface area contributed by atoms with E-state index in [1.807, 2.05) is 6.92 Å². The minimum absolute atomic E-state index is 0.150. The number of carbonyl (C=O) groups is 1. The molecule has 0 saturated heterocycles. The molecule has 0 spiro atoms. The summed E-state index contributed by atoms with van der Waals surface area (Å²) >= 11 is 0. The Hall–Kier alpha value is -0.790. The van der Waals surface area contributed by atoms with Crippen LogP contribution in [0.5, 0.6) is 0 Å². The molecular weight excluding hydrogens is 176 g/mol. The zero-order valence-corrected chi connectivity index (χ0v) is 8.79. The number of esters is 1. The maximum Gasteiger partial charge on any atom is 0.330 e. The number of rotatable bonds is 2. The Morgan fingerprint density at radius 2 is 2.07 bits per heavy atom. The second-order valence-electron chi connectivity index (χ2n) is 4.41. The van der Waals surface area contributed by atoms with Crippen molar-refractivity contribution in [1.29, 1.82) is 0 Å². The lowest BCUT2D eigenvalue weighted by Crippen LogP contribution is -2.00. The molecular formula is C12H18O2. The third kappa shape index (κ3) is 1.99. The van der Waals surface area contributed by atoms with Crippen molar-refractivity contribution < 1.29 is 9.53 Å². The van der Waals surface area contributed by atoms with Gasteiger partial charge in [0.1, 0.15) is 0 Å². The SMILES string of the molecule is CCOC(=O)/C=C1/C[C@H]2CCC[C@H]2C1. The topological polar surface area (TPSA) is 26.3 Å². The van der Waals surface area contributed by atoms with Gasteiger partial charge in [-0.1, -0.05) is 12.0 Å². The predicted octanol–water partition coefficient (Wildman–Crippen LogP) is 2.69. The third-order valence-electron chi connectivity index (χ3n) is 3.47. The molecule has 0 aromatic carbocycles. The Morgan fingerprint density at radius 3 is 2.64 bits per heavy atom. The van der Waals surface area contributed by atoms with Crippen molar-refractivity contribution in [2.75, 3.05) is 6.61 Å². The van der Waals surface area contributed by atoms with E-state index in [-0.39, 0.29) is 5.97 Å². The minimum Gasteiger partial charge on any atom is -0.463 e. The molecule has 0 radical (unpaired) electrons. The lowest BCUT2D eigenvalue weighted by Gasteiger charge is -2.04. The second kappa shape index (κ2) is 4.16. The molecule has 0 N–H and O–H groups in total. The molecule has 2 rings (SSSR count). The Kier molecular flexibility index (Phi) is 2.90. The van der Waals surface area contributed by atoms with E-state index in [9.17, 15) is 4.79 Å². The summed E-state index contributed by atoms with van der Waals surface area (Å²) < 4.78 is 4.91. The summed E-state index contributed by atoms with van der Waals surface area (Å²) in [6, 6.07) is 0. The van der Waals surface area contributed by atoms with Crippen molar-refractivity contribution in [2.45, 2.75) is 39.0 Å². The van der Waals surface area contributed by atoms with Gasteiger partial charge >= 0.3 is 5.97 Å². The number of fused-ring (bicyclic) bond motifs is 1. The van der Waals surface area contributed by atoms with Gasteiger partial charge in [0.25, 0.3) is 0 Å². The molecule has 0 heterocycles. The Bertz CT molecular complexity index is 241. The van der Waals surface area contributed by atoms with Crippen LogP contribution in [-0.2, 0) is 9.53 Å². The van der Waals surface area contributed by atoms with E-state index < -0.39 is 0 Å². The summed E-state index contributed by atoms with van der Waals surface area (Å²) in [5.41, 5.74) is 1.32. The second-order valence-corrected chi connectivity index (χ2v) is 4.41. The standard InChI is InChI=1S/C12H18O2/c1-2-14-12(13)8-9-6-10-4-3-5-11(10)7-9/h8,10-11H,2-7H2,1H3/b9-8-/t10-,11+/m1/s1. The third-order valence-corrected chi connectivity index (χ3v) is 3.47. The lowest BCUT2D eigenvalue weighted by atomic mass is 10.0. The van der Waals surface area contributed by atoms with Crippen molar-refractivity contribution in [3.8, 4) is 0 Å². The van der Waals surface area contributed by atoms with Crippen molar-refractivity contribution in [3.63, 3.8) is 0 Å². The first kappa shape index (κ1) is 9.75. The van der Waals surface area contributed by atoms with E-state index >= 15 is 0 Å². The highest BCUT2D eigenvalue weighted by Crippen LogP contribution is 2.46. The molecule has 2 aliphatic rings. The van der Waals surface area contributed by atoms with Crippen LogP contribution in [0.2, 0.25) is 0 Å². The van der Waals surface area contributed by atoms with Gasteiger partial charge in [0.2, 0.25) is 0 Å². The fraction of sp³-hybridized carbons (Fsp3) is 0.750. The van der Waals surface area contributed by atoms with E-state index in [0.717, 1.165) is 24.7 Å². The van der Waals surface area contributed by atoms with Gasteiger partial charge in [-0.2, -0.15) is 0 Å². The van der Waals surface area contributed by atoms with E-state index in [1.54, 1.807) is 6.08 Å². The highest BCUT2D eigenvalue weighted by molar-refractivity contribution is 5.82. The predicted molar refractivity (Wildman–Crippen MR) is 54.8 cm³/mol. The van der Waals surface area contributed by atoms with Gasteiger partial charge in [-0.15, -0.1) is 0 Å². The first-order valence-corrected chi connectivity index (χ1v) is 5.65. The van der Waals surface area contributed by atoms with Gasteiger partial charge in [-0.25, -0.2) is 4.79 Å². The van der Waals surface area contributed by atoms with Gasteiger partial charge in [-0.05, 0) is 44.4 Å². The van der Waals surface area contributed by atoms with Gasteiger partial charge in [0, 0.05) is 6.08 Å².